The lowest BCUT2D eigenvalue weighted by molar-refractivity contribution is 0.156. The van der Waals surface area contributed by atoms with Crippen molar-refractivity contribution in [3.8, 4) is 17.2 Å². The largest absolute Gasteiger partial charge is 0.495 e. The lowest BCUT2D eigenvalue weighted by atomic mass is 10.0. The van der Waals surface area contributed by atoms with Crippen LogP contribution < -0.4 is 24.7 Å². The van der Waals surface area contributed by atoms with Gasteiger partial charge in [0.05, 0.1) is 13.7 Å². The lowest BCUT2D eigenvalue weighted by Crippen LogP contribution is -2.35. The molecule has 28 heavy (non-hydrogen) atoms. The van der Waals surface area contributed by atoms with Gasteiger partial charge in [-0.1, -0.05) is 25.1 Å². The van der Waals surface area contributed by atoms with Gasteiger partial charge in [-0.3, -0.25) is 5.32 Å². The first-order chi connectivity index (χ1) is 13.3. The molecule has 8 heteroatoms. The lowest BCUT2D eigenvalue weighted by Gasteiger charge is -2.25. The molecule has 2 rings (SSSR count). The highest BCUT2D eigenvalue weighted by Crippen LogP contribution is 2.30. The average Bonchev–Trinajstić information content (AvgIpc) is 2.66. The van der Waals surface area contributed by atoms with Crippen LogP contribution in [0.4, 0.5) is 0 Å². The number of nitrogens with one attached hydrogen (secondary N) is 1. The Labute approximate surface area is 166 Å². The van der Waals surface area contributed by atoms with Crippen molar-refractivity contribution in [2.45, 2.75) is 44.4 Å². The van der Waals surface area contributed by atoms with E-state index < -0.39 is 10.0 Å². The maximum absolute atomic E-state index is 11.9. The Hall–Kier alpha value is -2.29. The van der Waals surface area contributed by atoms with Crippen LogP contribution in [0.25, 0.3) is 0 Å². The number of ether oxygens (including phenoxy) is 3. The van der Waals surface area contributed by atoms with E-state index >= 15 is 0 Å². The van der Waals surface area contributed by atoms with E-state index in [1.165, 1.54) is 13.2 Å². The van der Waals surface area contributed by atoms with Gasteiger partial charge in [0.2, 0.25) is 10.0 Å². The molecule has 0 aliphatic carbocycles. The molecular formula is C20H28N2O5S. The SMILES string of the molecule is CCOc1ccccc1O[C@H](C)N[C@H](CC)c1ccc(OC)c(S(N)(=O)=O)c1. The zero-order valence-electron chi connectivity index (χ0n) is 16.6. The minimum absolute atomic E-state index is 0.0389. The van der Waals surface area contributed by atoms with Gasteiger partial charge in [-0.25, -0.2) is 13.6 Å². The summed E-state index contributed by atoms with van der Waals surface area (Å²) < 4.78 is 40.4. The van der Waals surface area contributed by atoms with Gasteiger partial charge in [-0.2, -0.15) is 0 Å². The van der Waals surface area contributed by atoms with E-state index in [-0.39, 0.29) is 22.9 Å². The Morgan fingerprint density at radius 1 is 1.07 bits per heavy atom. The summed E-state index contributed by atoms with van der Waals surface area (Å²) in [6.45, 7) is 6.34. The van der Waals surface area contributed by atoms with Crippen molar-refractivity contribution in [3.63, 3.8) is 0 Å². The third kappa shape index (κ3) is 5.60. The van der Waals surface area contributed by atoms with Crippen LogP contribution >= 0.6 is 0 Å². The number of benzene rings is 2. The maximum atomic E-state index is 11.9. The summed E-state index contributed by atoms with van der Waals surface area (Å²) in [7, 11) is -2.49. The van der Waals surface area contributed by atoms with Crippen LogP contribution in [0.15, 0.2) is 47.4 Å². The molecule has 0 fully saturated rings. The number of primary sulfonamides is 1. The van der Waals surface area contributed by atoms with Gasteiger partial charge in [0.1, 0.15) is 16.9 Å². The fourth-order valence-electron chi connectivity index (χ4n) is 2.91. The van der Waals surface area contributed by atoms with Crippen LogP contribution in [-0.4, -0.2) is 28.4 Å². The summed E-state index contributed by atoms with van der Waals surface area (Å²) in [4.78, 5) is -0.0389. The van der Waals surface area contributed by atoms with E-state index in [9.17, 15) is 8.42 Å². The van der Waals surface area contributed by atoms with Crippen LogP contribution in [0.1, 0.15) is 38.8 Å². The second kappa shape index (κ2) is 9.77. The molecule has 2 atom stereocenters. The van der Waals surface area contributed by atoms with Crippen LogP contribution in [0.2, 0.25) is 0 Å². The molecule has 2 aromatic rings. The van der Waals surface area contributed by atoms with Crippen molar-refractivity contribution in [1.82, 2.24) is 5.32 Å². The van der Waals surface area contributed by atoms with Gasteiger partial charge in [-0.05, 0) is 50.1 Å². The Balaban J connectivity index is 2.20. The fraction of sp³-hybridized carbons (Fsp3) is 0.400. The van der Waals surface area contributed by atoms with Crippen molar-refractivity contribution >= 4 is 10.0 Å². The molecule has 0 spiro atoms. The van der Waals surface area contributed by atoms with Crippen molar-refractivity contribution in [2.75, 3.05) is 13.7 Å². The fourth-order valence-corrected chi connectivity index (χ4v) is 3.64. The highest BCUT2D eigenvalue weighted by atomic mass is 32.2. The predicted octanol–water partition coefficient (Wildman–Crippen LogP) is 3.21. The minimum atomic E-state index is -3.90. The van der Waals surface area contributed by atoms with Gasteiger partial charge < -0.3 is 14.2 Å². The van der Waals surface area contributed by atoms with E-state index in [4.69, 9.17) is 19.3 Å². The zero-order valence-corrected chi connectivity index (χ0v) is 17.5. The first-order valence-corrected chi connectivity index (χ1v) is 10.7. The molecule has 0 radical (unpaired) electrons. The topological polar surface area (TPSA) is 99.9 Å². The predicted molar refractivity (Wildman–Crippen MR) is 108 cm³/mol. The van der Waals surface area contributed by atoms with Gasteiger partial charge in [-0.15, -0.1) is 0 Å². The molecule has 154 valence electrons. The normalized spacial score (nSPS) is 13.6. The summed E-state index contributed by atoms with van der Waals surface area (Å²) in [6.07, 6.45) is 0.378. The van der Waals surface area contributed by atoms with Crippen molar-refractivity contribution in [2.24, 2.45) is 5.14 Å². The molecule has 0 aromatic heterocycles. The van der Waals surface area contributed by atoms with E-state index in [0.29, 0.717) is 18.1 Å². The molecule has 0 amide bonds. The summed E-state index contributed by atoms with van der Waals surface area (Å²) in [5, 5.41) is 8.69. The second-order valence-corrected chi connectivity index (χ2v) is 7.75. The van der Waals surface area contributed by atoms with Crippen molar-refractivity contribution in [1.29, 1.82) is 0 Å². The second-order valence-electron chi connectivity index (χ2n) is 6.22. The van der Waals surface area contributed by atoms with Crippen LogP contribution in [0.3, 0.4) is 0 Å². The third-order valence-electron chi connectivity index (χ3n) is 4.19. The highest BCUT2D eigenvalue weighted by molar-refractivity contribution is 7.89. The number of rotatable bonds is 10. The first-order valence-electron chi connectivity index (χ1n) is 9.15. The van der Waals surface area contributed by atoms with E-state index in [2.05, 4.69) is 5.32 Å². The van der Waals surface area contributed by atoms with E-state index in [1.807, 2.05) is 51.1 Å². The molecule has 0 aliphatic heterocycles. The molecule has 7 nitrogen and oxygen atoms in total. The molecule has 3 N–H and O–H groups in total. The quantitative estimate of drug-likeness (QED) is 0.586. The van der Waals surface area contributed by atoms with Crippen molar-refractivity contribution in [3.05, 3.63) is 48.0 Å². The average molecular weight is 409 g/mol. The molecule has 0 unspecified atom stereocenters. The Morgan fingerprint density at radius 3 is 2.32 bits per heavy atom. The van der Waals surface area contributed by atoms with Gasteiger partial charge >= 0.3 is 0 Å². The Bertz CT molecular complexity index is 886. The molecule has 0 heterocycles. The smallest absolute Gasteiger partial charge is 0.241 e. The number of nitrogens with two attached hydrogens (primary N) is 1. The summed E-state index contributed by atoms with van der Waals surface area (Å²) in [5.41, 5.74) is 0.779. The highest BCUT2D eigenvalue weighted by Gasteiger charge is 2.20. The van der Waals surface area contributed by atoms with Crippen LogP contribution in [0.5, 0.6) is 17.2 Å². The van der Waals surface area contributed by atoms with Crippen LogP contribution in [-0.2, 0) is 10.0 Å². The van der Waals surface area contributed by atoms with Gasteiger partial charge in [0, 0.05) is 6.04 Å². The van der Waals surface area contributed by atoms with Crippen molar-refractivity contribution < 1.29 is 22.6 Å². The monoisotopic (exact) mass is 408 g/mol. The minimum Gasteiger partial charge on any atom is -0.495 e. The zero-order chi connectivity index (χ0) is 20.7. The van der Waals surface area contributed by atoms with Gasteiger partial charge in [0.25, 0.3) is 0 Å². The maximum Gasteiger partial charge on any atom is 0.241 e. The number of sulfonamides is 1. The molecule has 0 saturated heterocycles. The summed E-state index contributed by atoms with van der Waals surface area (Å²) in [5.74, 6) is 1.53. The van der Waals surface area contributed by atoms with Crippen LogP contribution in [0, 0.1) is 0 Å². The number of para-hydroxylation sites is 2. The molecule has 0 bridgehead atoms. The molecule has 0 saturated carbocycles. The van der Waals surface area contributed by atoms with E-state index in [1.54, 1.807) is 6.07 Å². The Morgan fingerprint density at radius 2 is 1.75 bits per heavy atom. The summed E-state index contributed by atoms with van der Waals surface area (Å²) >= 11 is 0. The standard InChI is InChI=1S/C20H28N2O5S/c1-5-16(15-11-12-19(25-4)20(13-15)28(21,23)24)22-14(3)27-18-10-8-7-9-17(18)26-6-2/h7-14,16,22H,5-6H2,1-4H3,(H2,21,23,24)/t14-,16-/m1/s1. The van der Waals surface area contributed by atoms with Gasteiger partial charge in [0.15, 0.2) is 11.5 Å². The molecule has 0 aliphatic rings. The Kier molecular flexibility index (Phi) is 7.68. The van der Waals surface area contributed by atoms with E-state index in [0.717, 1.165) is 12.0 Å². The number of hydrogen-bond acceptors (Lipinski definition) is 6. The first kappa shape index (κ1) is 22.0. The summed E-state index contributed by atoms with van der Waals surface area (Å²) in [6, 6.07) is 12.3. The molecule has 2 aromatic carbocycles. The molecular weight excluding hydrogens is 380 g/mol. The third-order valence-corrected chi connectivity index (χ3v) is 5.13. The number of hydrogen-bond donors (Lipinski definition) is 2. The number of methoxy groups -OCH3 is 1.